The minimum Gasteiger partial charge on any atom is -0.378 e. The number of nitriles is 1. The first-order chi connectivity index (χ1) is 17.2. The molecule has 176 valence electrons. The Labute approximate surface area is 200 Å². The number of nitrogens with zero attached hydrogens (tertiary/aromatic N) is 7. The summed E-state index contributed by atoms with van der Waals surface area (Å²) in [5.74, 6) is 5.35. The predicted molar refractivity (Wildman–Crippen MR) is 131 cm³/mol. The summed E-state index contributed by atoms with van der Waals surface area (Å²) in [6.45, 7) is 4.85. The molecule has 11 heteroatoms. The van der Waals surface area contributed by atoms with Crippen molar-refractivity contribution in [3.8, 4) is 23.0 Å². The first kappa shape index (κ1) is 22.2. The number of hydrogen-bond acceptors (Lipinski definition) is 8. The molecule has 11 nitrogen and oxygen atoms in total. The number of nitrogens with one attached hydrogen (secondary N) is 1. The number of aromatic nitrogens is 4. The van der Waals surface area contributed by atoms with Crippen LogP contribution >= 0.6 is 0 Å². The average Bonchev–Trinajstić information content (AvgIpc) is 3.33. The zero-order valence-electron chi connectivity index (χ0n) is 19.1. The molecule has 1 aliphatic heterocycles. The van der Waals surface area contributed by atoms with E-state index in [1.165, 1.54) is 4.57 Å². The van der Waals surface area contributed by atoms with Gasteiger partial charge in [-0.25, -0.2) is 0 Å². The normalized spacial score (nSPS) is 14.0. The molecule has 4 heterocycles. The van der Waals surface area contributed by atoms with Gasteiger partial charge in [0.1, 0.15) is 11.5 Å². The standard InChI is InChI=1S/C24H23N9O2/c1-2-15-4-3-5-16(13-25)22(15)33-14-18(21-20(24(33)34)23(29-28-21)30-31-26)19-12-17(6-7-27-19)32-8-10-35-11-9-32/h3-7,12,14H,2,8-11H2,1H3,(H3,26,28,29,30). The number of H-pyrrole nitrogens is 1. The van der Waals surface area contributed by atoms with E-state index in [0.29, 0.717) is 47.7 Å². The van der Waals surface area contributed by atoms with Crippen LogP contribution in [0.25, 0.3) is 27.8 Å². The predicted octanol–water partition coefficient (Wildman–Crippen LogP) is 3.00. The van der Waals surface area contributed by atoms with Gasteiger partial charge in [-0.2, -0.15) is 10.4 Å². The van der Waals surface area contributed by atoms with Crippen molar-refractivity contribution in [1.82, 2.24) is 19.7 Å². The molecule has 1 saturated heterocycles. The third-order valence-corrected chi connectivity index (χ3v) is 6.12. The molecule has 0 radical (unpaired) electrons. The van der Waals surface area contributed by atoms with Gasteiger partial charge in [0, 0.05) is 36.7 Å². The summed E-state index contributed by atoms with van der Waals surface area (Å²) in [7, 11) is 0. The molecular formula is C24H23N9O2. The number of ether oxygens (including phenoxy) is 1. The molecule has 1 fully saturated rings. The van der Waals surface area contributed by atoms with E-state index >= 15 is 0 Å². The minimum absolute atomic E-state index is 0.0694. The number of fused-ring (bicyclic) bond motifs is 1. The highest BCUT2D eigenvalue weighted by Crippen LogP contribution is 2.32. The number of rotatable bonds is 5. The molecule has 0 amide bonds. The molecule has 3 N–H and O–H groups in total. The molecule has 3 aromatic heterocycles. The summed E-state index contributed by atoms with van der Waals surface area (Å²) in [5, 5.41) is 24.3. The smallest absolute Gasteiger partial charge is 0.268 e. The molecule has 0 spiro atoms. The molecule has 0 atom stereocenters. The van der Waals surface area contributed by atoms with Crippen LogP contribution in [0.3, 0.4) is 0 Å². The fourth-order valence-electron chi connectivity index (χ4n) is 4.43. The lowest BCUT2D eigenvalue weighted by atomic mass is 10.0. The second-order valence-electron chi connectivity index (χ2n) is 8.01. The van der Waals surface area contributed by atoms with Gasteiger partial charge in [0.2, 0.25) is 5.82 Å². The second-order valence-corrected chi connectivity index (χ2v) is 8.01. The first-order valence-corrected chi connectivity index (χ1v) is 11.2. The summed E-state index contributed by atoms with van der Waals surface area (Å²) < 4.78 is 6.95. The summed E-state index contributed by atoms with van der Waals surface area (Å²) >= 11 is 0. The second kappa shape index (κ2) is 9.36. The van der Waals surface area contributed by atoms with Gasteiger partial charge >= 0.3 is 0 Å². The van der Waals surface area contributed by atoms with Crippen molar-refractivity contribution in [3.63, 3.8) is 0 Å². The highest BCUT2D eigenvalue weighted by Gasteiger charge is 2.22. The number of para-hydroxylation sites is 1. The Balaban J connectivity index is 1.80. The van der Waals surface area contributed by atoms with Crippen molar-refractivity contribution >= 4 is 22.4 Å². The van der Waals surface area contributed by atoms with Crippen LogP contribution < -0.4 is 16.3 Å². The highest BCUT2D eigenvalue weighted by atomic mass is 16.5. The summed E-state index contributed by atoms with van der Waals surface area (Å²) in [6, 6.07) is 11.5. The van der Waals surface area contributed by atoms with Crippen molar-refractivity contribution < 1.29 is 4.74 Å². The Morgan fingerprint density at radius 3 is 2.86 bits per heavy atom. The van der Waals surface area contributed by atoms with Gasteiger partial charge in [-0.3, -0.25) is 19.4 Å². The third kappa shape index (κ3) is 3.89. The van der Waals surface area contributed by atoms with Crippen molar-refractivity contribution in [3.05, 3.63) is 64.2 Å². The third-order valence-electron chi connectivity index (χ3n) is 6.12. The van der Waals surface area contributed by atoms with Crippen LogP contribution in [0.4, 0.5) is 11.5 Å². The minimum atomic E-state index is -0.387. The molecule has 4 aromatic rings. The lowest BCUT2D eigenvalue weighted by Gasteiger charge is -2.29. The van der Waals surface area contributed by atoms with Gasteiger partial charge in [0.25, 0.3) is 5.56 Å². The maximum atomic E-state index is 13.7. The molecule has 0 unspecified atom stereocenters. The largest absolute Gasteiger partial charge is 0.378 e. The van der Waals surface area contributed by atoms with Crippen molar-refractivity contribution in [2.45, 2.75) is 13.3 Å². The fourth-order valence-corrected chi connectivity index (χ4v) is 4.43. The lowest BCUT2D eigenvalue weighted by molar-refractivity contribution is 0.122. The van der Waals surface area contributed by atoms with Crippen molar-refractivity contribution in [1.29, 1.82) is 5.26 Å². The summed E-state index contributed by atoms with van der Waals surface area (Å²) in [6.07, 6.45) is 4.07. The highest BCUT2D eigenvalue weighted by molar-refractivity contribution is 5.97. The zero-order chi connectivity index (χ0) is 24.4. The number of aromatic amines is 1. The average molecular weight is 470 g/mol. The van der Waals surface area contributed by atoms with E-state index in [-0.39, 0.29) is 16.8 Å². The fraction of sp³-hybridized carbons (Fsp3) is 0.250. The van der Waals surface area contributed by atoms with Crippen LogP contribution in [0, 0.1) is 11.3 Å². The summed E-state index contributed by atoms with van der Waals surface area (Å²) in [4.78, 5) is 20.5. The Bertz CT molecular complexity index is 1520. The Morgan fingerprint density at radius 1 is 1.29 bits per heavy atom. The van der Waals surface area contributed by atoms with Gasteiger partial charge < -0.3 is 15.5 Å². The first-order valence-electron chi connectivity index (χ1n) is 11.2. The number of anilines is 1. The maximum absolute atomic E-state index is 13.7. The Hall–Kier alpha value is -4.56. The molecular weight excluding hydrogens is 446 g/mol. The van der Waals surface area contributed by atoms with E-state index in [2.05, 4.69) is 36.5 Å². The molecule has 35 heavy (non-hydrogen) atoms. The Morgan fingerprint density at radius 2 is 2.11 bits per heavy atom. The number of hydrogen-bond donors (Lipinski definition) is 2. The Kier molecular flexibility index (Phi) is 5.95. The molecule has 5 rings (SSSR count). The van der Waals surface area contributed by atoms with Crippen molar-refractivity contribution in [2.75, 3.05) is 31.2 Å². The number of aryl methyl sites for hydroxylation is 1. The number of benzene rings is 1. The maximum Gasteiger partial charge on any atom is 0.268 e. The van der Waals surface area contributed by atoms with Crippen LogP contribution in [0.5, 0.6) is 0 Å². The quantitative estimate of drug-likeness (QED) is 0.259. The lowest BCUT2D eigenvalue weighted by Crippen LogP contribution is -2.36. The van der Waals surface area contributed by atoms with E-state index in [9.17, 15) is 10.1 Å². The van der Waals surface area contributed by atoms with E-state index in [4.69, 9.17) is 10.6 Å². The number of morpholine rings is 1. The van der Waals surface area contributed by atoms with Gasteiger partial charge in [-0.05, 0) is 30.2 Å². The summed E-state index contributed by atoms with van der Waals surface area (Å²) in [5.41, 5.74) is 4.11. The van der Waals surface area contributed by atoms with Crippen LogP contribution in [0.2, 0.25) is 0 Å². The van der Waals surface area contributed by atoms with Crippen LogP contribution in [0.1, 0.15) is 18.1 Å². The SMILES string of the molecule is CCc1cccc(C#N)c1-n1cc(-c2cc(N3CCOCC3)ccn2)c2[nH]nc(N=NN)c2c1=O. The van der Waals surface area contributed by atoms with E-state index < -0.39 is 0 Å². The van der Waals surface area contributed by atoms with Crippen LogP contribution in [-0.2, 0) is 11.2 Å². The number of pyridine rings is 2. The monoisotopic (exact) mass is 469 g/mol. The van der Waals surface area contributed by atoms with Crippen molar-refractivity contribution in [2.24, 2.45) is 16.2 Å². The van der Waals surface area contributed by atoms with Gasteiger partial charge in [0.15, 0.2) is 0 Å². The molecule has 0 saturated carbocycles. The van der Waals surface area contributed by atoms with E-state index in [0.717, 1.165) is 24.3 Å². The molecule has 1 aliphatic rings. The molecule has 1 aromatic carbocycles. The van der Waals surface area contributed by atoms with Gasteiger partial charge in [0.05, 0.1) is 35.7 Å². The van der Waals surface area contributed by atoms with Gasteiger partial charge in [-0.15, -0.1) is 5.11 Å². The zero-order valence-corrected chi connectivity index (χ0v) is 19.1. The van der Waals surface area contributed by atoms with E-state index in [1.807, 2.05) is 31.2 Å². The molecule has 0 aliphatic carbocycles. The number of nitrogens with two attached hydrogens (primary N) is 1. The van der Waals surface area contributed by atoms with Crippen LogP contribution in [0.15, 0.2) is 57.9 Å². The molecule has 0 bridgehead atoms. The van der Waals surface area contributed by atoms with Gasteiger partial charge in [-0.1, -0.05) is 24.3 Å². The topological polar surface area (TPSA) is 151 Å². The van der Waals surface area contributed by atoms with Crippen LogP contribution in [-0.4, -0.2) is 46.1 Å². The van der Waals surface area contributed by atoms with E-state index in [1.54, 1.807) is 18.5 Å².